The summed E-state index contributed by atoms with van der Waals surface area (Å²) in [5, 5.41) is 5.64. The van der Waals surface area contributed by atoms with Crippen molar-refractivity contribution >= 4 is 11.8 Å². The van der Waals surface area contributed by atoms with Gasteiger partial charge < -0.3 is 15.4 Å². The lowest BCUT2D eigenvalue weighted by atomic mass is 9.44. The van der Waals surface area contributed by atoms with Crippen molar-refractivity contribution in [3.05, 3.63) is 0 Å². The predicted octanol–water partition coefficient (Wildman–Crippen LogP) is 1.35. The molecule has 9 heteroatoms. The monoisotopic (exact) mass is 336 g/mol. The molecule has 4 saturated carbocycles. The highest BCUT2D eigenvalue weighted by Gasteiger charge is 2.69. The molecule has 4 fully saturated rings. The van der Waals surface area contributed by atoms with Crippen LogP contribution in [0.15, 0.2) is 0 Å². The summed E-state index contributed by atoms with van der Waals surface area (Å²) in [6, 6.07) is 0. The van der Waals surface area contributed by atoms with Crippen molar-refractivity contribution in [1.82, 2.24) is 10.6 Å². The Kier molecular flexibility index (Phi) is 3.64. The summed E-state index contributed by atoms with van der Waals surface area (Å²) in [4.78, 5) is 22.9. The lowest BCUT2D eigenvalue weighted by Crippen LogP contribution is -2.83. The number of ether oxygens (including phenoxy) is 2. The molecule has 6 nitrogen and oxygen atoms in total. The first kappa shape index (κ1) is 16.5. The lowest BCUT2D eigenvalue weighted by molar-refractivity contribution is -0.432. The van der Waals surface area contributed by atoms with Gasteiger partial charge in [-0.1, -0.05) is 0 Å². The molecule has 0 aliphatic heterocycles. The van der Waals surface area contributed by atoms with Crippen molar-refractivity contribution in [2.24, 2.45) is 0 Å². The maximum atomic E-state index is 12.3. The molecule has 130 valence electrons. The van der Waals surface area contributed by atoms with Crippen LogP contribution in [0.25, 0.3) is 0 Å². The number of carbonyl (C=O) groups is 2. The third-order valence-corrected chi connectivity index (χ3v) is 4.76. The highest BCUT2D eigenvalue weighted by atomic mass is 19.4. The van der Waals surface area contributed by atoms with Crippen LogP contribution < -0.4 is 10.6 Å². The van der Waals surface area contributed by atoms with E-state index >= 15 is 0 Å². The molecule has 23 heavy (non-hydrogen) atoms. The van der Waals surface area contributed by atoms with E-state index < -0.39 is 24.7 Å². The second kappa shape index (κ2) is 5.07. The first-order chi connectivity index (χ1) is 10.6. The molecule has 0 radical (unpaired) electrons. The summed E-state index contributed by atoms with van der Waals surface area (Å²) in [6.45, 7) is 0.975. The minimum atomic E-state index is -4.78. The lowest BCUT2D eigenvalue weighted by Gasteiger charge is -2.70. The number of hydrogen-bond acceptors (Lipinski definition) is 4. The highest BCUT2D eigenvalue weighted by molar-refractivity contribution is 5.80. The fraction of sp³-hybridized carbons (Fsp3) is 0.857. The molecular formula is C14H19F3N2O4. The topological polar surface area (TPSA) is 76.7 Å². The quantitative estimate of drug-likeness (QED) is 0.718. The Bertz CT molecular complexity index is 511. The van der Waals surface area contributed by atoms with Crippen LogP contribution in [-0.2, 0) is 19.1 Å². The zero-order valence-corrected chi connectivity index (χ0v) is 12.7. The number of nitrogens with one attached hydrogen (secondary N) is 2. The van der Waals surface area contributed by atoms with Crippen molar-refractivity contribution in [2.45, 2.75) is 68.7 Å². The molecule has 0 saturated heterocycles. The number of rotatable bonds is 6. The Morgan fingerprint density at radius 1 is 1.09 bits per heavy atom. The van der Waals surface area contributed by atoms with Gasteiger partial charge in [0.1, 0.15) is 6.61 Å². The predicted molar refractivity (Wildman–Crippen MR) is 70.9 cm³/mol. The number of halogens is 3. The van der Waals surface area contributed by atoms with Crippen LogP contribution >= 0.6 is 0 Å². The summed E-state index contributed by atoms with van der Waals surface area (Å²) in [7, 11) is 0. The standard InChI is InChI=1S/C14H19F3N2O4/c1-9(20)18-11-6-12(7-11,8-11)19-10(21)5-22-13(3-2-4-13)23-14(15,16)17/h2-8H2,1H3,(H,18,20)(H,19,21). The van der Waals surface area contributed by atoms with Crippen LogP contribution in [-0.4, -0.2) is 41.6 Å². The van der Waals surface area contributed by atoms with Crippen LogP contribution in [0.2, 0.25) is 0 Å². The highest BCUT2D eigenvalue weighted by Crippen LogP contribution is 2.60. The van der Waals surface area contributed by atoms with Gasteiger partial charge in [-0.2, -0.15) is 0 Å². The molecule has 0 aromatic rings. The third-order valence-electron chi connectivity index (χ3n) is 4.76. The average Bonchev–Trinajstić information content (AvgIpc) is 2.26. The smallest absolute Gasteiger partial charge is 0.351 e. The van der Waals surface area contributed by atoms with Crippen LogP contribution in [0.1, 0.15) is 45.4 Å². The Morgan fingerprint density at radius 3 is 2.09 bits per heavy atom. The summed E-state index contributed by atoms with van der Waals surface area (Å²) in [5.41, 5.74) is -0.560. The van der Waals surface area contributed by atoms with E-state index in [1.54, 1.807) is 0 Å². The zero-order chi connectivity index (χ0) is 16.9. The van der Waals surface area contributed by atoms with Crippen LogP contribution in [0.5, 0.6) is 0 Å². The van der Waals surface area contributed by atoms with E-state index in [4.69, 9.17) is 4.74 Å². The molecule has 4 aliphatic rings. The normalized spacial score (nSPS) is 33.7. The van der Waals surface area contributed by atoms with Crippen molar-refractivity contribution in [1.29, 1.82) is 0 Å². The Balaban J connectivity index is 1.42. The molecule has 0 atom stereocenters. The maximum absolute atomic E-state index is 12.3. The van der Waals surface area contributed by atoms with E-state index in [2.05, 4.69) is 15.4 Å². The minimum Gasteiger partial charge on any atom is -0.351 e. The molecule has 0 aromatic heterocycles. The number of alkyl halides is 3. The molecule has 2 N–H and O–H groups in total. The molecular weight excluding hydrogens is 317 g/mol. The van der Waals surface area contributed by atoms with Crippen molar-refractivity contribution < 1.29 is 32.2 Å². The van der Waals surface area contributed by atoms with Gasteiger partial charge in [-0.3, -0.25) is 14.3 Å². The summed E-state index contributed by atoms with van der Waals surface area (Å²) in [5.74, 6) is -2.28. The SMILES string of the molecule is CC(=O)NC12CC(NC(=O)COC3(OC(F)(F)F)CCC3)(C1)C2. The Hall–Kier alpha value is -1.35. The first-order valence-electron chi connectivity index (χ1n) is 7.56. The second-order valence-electron chi connectivity index (χ2n) is 6.92. The fourth-order valence-electron chi connectivity index (χ4n) is 3.91. The van der Waals surface area contributed by atoms with Gasteiger partial charge in [-0.05, 0) is 25.7 Å². The summed E-state index contributed by atoms with van der Waals surface area (Å²) in [6.07, 6.45) is -2.02. The van der Waals surface area contributed by atoms with Gasteiger partial charge in [0, 0.05) is 30.8 Å². The number of amides is 2. The Labute approximate surface area is 131 Å². The first-order valence-corrected chi connectivity index (χ1v) is 7.56. The Morgan fingerprint density at radius 2 is 1.65 bits per heavy atom. The summed E-state index contributed by atoms with van der Waals surface area (Å²) < 4.78 is 46.1. The second-order valence-corrected chi connectivity index (χ2v) is 6.92. The summed E-state index contributed by atoms with van der Waals surface area (Å²) >= 11 is 0. The molecule has 2 amide bonds. The zero-order valence-electron chi connectivity index (χ0n) is 12.7. The molecule has 0 spiro atoms. The largest absolute Gasteiger partial charge is 0.524 e. The molecule has 0 heterocycles. The van der Waals surface area contributed by atoms with Crippen molar-refractivity contribution in [2.75, 3.05) is 6.61 Å². The van der Waals surface area contributed by atoms with Crippen LogP contribution in [0, 0.1) is 0 Å². The molecule has 0 aromatic carbocycles. The van der Waals surface area contributed by atoms with Crippen LogP contribution in [0.4, 0.5) is 13.2 Å². The molecule has 4 rings (SSSR count). The molecule has 4 aliphatic carbocycles. The fourth-order valence-corrected chi connectivity index (χ4v) is 3.91. The molecule has 0 unspecified atom stereocenters. The van der Waals surface area contributed by atoms with E-state index in [0.717, 1.165) is 0 Å². The van der Waals surface area contributed by atoms with Gasteiger partial charge >= 0.3 is 6.36 Å². The third kappa shape index (κ3) is 3.30. The molecule has 2 bridgehead atoms. The maximum Gasteiger partial charge on any atom is 0.524 e. The van der Waals surface area contributed by atoms with Crippen molar-refractivity contribution in [3.8, 4) is 0 Å². The van der Waals surface area contributed by atoms with Gasteiger partial charge in [0.05, 0.1) is 0 Å². The van der Waals surface area contributed by atoms with Crippen LogP contribution in [0.3, 0.4) is 0 Å². The average molecular weight is 336 g/mol. The number of hydrogen-bond donors (Lipinski definition) is 2. The minimum absolute atomic E-state index is 0.107. The number of carbonyl (C=O) groups excluding carboxylic acids is 2. The van der Waals surface area contributed by atoms with E-state index in [1.165, 1.54) is 6.92 Å². The van der Waals surface area contributed by atoms with Gasteiger partial charge in [-0.15, -0.1) is 13.2 Å². The van der Waals surface area contributed by atoms with Gasteiger partial charge in [0.15, 0.2) is 5.79 Å². The van der Waals surface area contributed by atoms with E-state index in [1.807, 2.05) is 0 Å². The van der Waals surface area contributed by atoms with E-state index in [-0.39, 0.29) is 29.8 Å². The van der Waals surface area contributed by atoms with E-state index in [0.29, 0.717) is 25.7 Å². The van der Waals surface area contributed by atoms with Gasteiger partial charge in [0.2, 0.25) is 11.8 Å². The van der Waals surface area contributed by atoms with Gasteiger partial charge in [-0.25, -0.2) is 0 Å². The van der Waals surface area contributed by atoms with E-state index in [9.17, 15) is 22.8 Å². The van der Waals surface area contributed by atoms with Crippen molar-refractivity contribution in [3.63, 3.8) is 0 Å². The van der Waals surface area contributed by atoms with Gasteiger partial charge in [0.25, 0.3) is 0 Å².